The highest BCUT2D eigenvalue weighted by Crippen LogP contribution is 2.23. The van der Waals surface area contributed by atoms with Crippen molar-refractivity contribution in [1.82, 2.24) is 9.80 Å². The lowest BCUT2D eigenvalue weighted by Gasteiger charge is -2.24. The molecular formula is C18H26N2O2. The van der Waals surface area contributed by atoms with Crippen LogP contribution in [-0.4, -0.2) is 47.8 Å². The van der Waals surface area contributed by atoms with Crippen LogP contribution in [-0.2, 0) is 4.79 Å². The molecule has 0 unspecified atom stereocenters. The Balaban J connectivity index is 2.27. The first-order valence-corrected chi connectivity index (χ1v) is 7.95. The van der Waals surface area contributed by atoms with Gasteiger partial charge in [-0.3, -0.25) is 9.59 Å². The summed E-state index contributed by atoms with van der Waals surface area (Å²) in [5, 5.41) is 0. The molecule has 0 aliphatic carbocycles. The second-order valence-corrected chi connectivity index (χ2v) is 6.29. The average Bonchev–Trinajstić information content (AvgIpc) is 2.71. The number of carbonyl (C=O) groups is 2. The summed E-state index contributed by atoms with van der Waals surface area (Å²) in [6, 6.07) is 2.14. The van der Waals surface area contributed by atoms with Crippen LogP contribution >= 0.6 is 0 Å². The van der Waals surface area contributed by atoms with Crippen LogP contribution in [0.5, 0.6) is 0 Å². The van der Waals surface area contributed by atoms with Gasteiger partial charge in [0.15, 0.2) is 0 Å². The van der Waals surface area contributed by atoms with Crippen molar-refractivity contribution >= 4 is 11.8 Å². The third kappa shape index (κ3) is 3.16. The summed E-state index contributed by atoms with van der Waals surface area (Å²) in [6.45, 7) is 12.4. The maximum Gasteiger partial charge on any atom is 0.254 e. The molecule has 2 rings (SSSR count). The number of nitrogens with zero attached hydrogens (tertiary/aromatic N) is 2. The number of aryl methyl sites for hydroxylation is 2. The molecule has 0 N–H and O–H groups in total. The maximum absolute atomic E-state index is 13.0. The molecule has 2 amide bonds. The van der Waals surface area contributed by atoms with Gasteiger partial charge in [-0.2, -0.15) is 0 Å². The molecule has 0 spiro atoms. The van der Waals surface area contributed by atoms with Crippen molar-refractivity contribution in [3.05, 3.63) is 33.9 Å². The molecule has 0 atom stereocenters. The number of carbonyl (C=O) groups excluding carboxylic acids is 2. The zero-order valence-corrected chi connectivity index (χ0v) is 14.3. The van der Waals surface area contributed by atoms with Crippen LogP contribution in [0.2, 0.25) is 0 Å². The van der Waals surface area contributed by atoms with E-state index in [9.17, 15) is 9.59 Å². The molecule has 1 aromatic rings. The van der Waals surface area contributed by atoms with Gasteiger partial charge in [0.25, 0.3) is 5.91 Å². The van der Waals surface area contributed by atoms with Gasteiger partial charge in [0, 0.05) is 38.7 Å². The van der Waals surface area contributed by atoms with E-state index in [-0.39, 0.29) is 11.8 Å². The topological polar surface area (TPSA) is 40.6 Å². The van der Waals surface area contributed by atoms with Crippen LogP contribution in [0.25, 0.3) is 0 Å². The lowest BCUT2D eigenvalue weighted by Crippen LogP contribution is -2.37. The number of amides is 2. The monoisotopic (exact) mass is 302 g/mol. The maximum atomic E-state index is 13.0. The molecule has 1 fully saturated rings. The van der Waals surface area contributed by atoms with Gasteiger partial charge in [-0.05, 0) is 56.4 Å². The molecule has 4 nitrogen and oxygen atoms in total. The van der Waals surface area contributed by atoms with Crippen molar-refractivity contribution in [3.63, 3.8) is 0 Å². The van der Waals surface area contributed by atoms with E-state index >= 15 is 0 Å². The number of hydrogen-bond acceptors (Lipinski definition) is 2. The van der Waals surface area contributed by atoms with Crippen LogP contribution in [0.15, 0.2) is 6.07 Å². The van der Waals surface area contributed by atoms with E-state index in [0.717, 1.165) is 40.8 Å². The fourth-order valence-electron chi connectivity index (χ4n) is 3.13. The lowest BCUT2D eigenvalue weighted by atomic mass is 9.93. The van der Waals surface area contributed by atoms with Crippen LogP contribution in [0.4, 0.5) is 0 Å². The van der Waals surface area contributed by atoms with Gasteiger partial charge in [0.05, 0.1) is 0 Å². The minimum Gasteiger partial charge on any atom is -0.341 e. The molecule has 0 bridgehead atoms. The summed E-state index contributed by atoms with van der Waals surface area (Å²) in [5.74, 6) is 0.195. The Kier molecular flexibility index (Phi) is 4.89. The fraction of sp³-hybridized carbons (Fsp3) is 0.556. The summed E-state index contributed by atoms with van der Waals surface area (Å²) < 4.78 is 0. The van der Waals surface area contributed by atoms with Gasteiger partial charge < -0.3 is 9.80 Å². The Morgan fingerprint density at radius 1 is 0.864 bits per heavy atom. The van der Waals surface area contributed by atoms with E-state index in [1.54, 1.807) is 6.92 Å². The lowest BCUT2D eigenvalue weighted by molar-refractivity contribution is -0.128. The summed E-state index contributed by atoms with van der Waals surface area (Å²) in [7, 11) is 0. The normalized spacial score (nSPS) is 15.7. The van der Waals surface area contributed by atoms with Gasteiger partial charge in [-0.1, -0.05) is 6.07 Å². The number of hydrogen-bond donors (Lipinski definition) is 0. The zero-order chi connectivity index (χ0) is 16.4. The van der Waals surface area contributed by atoms with Crippen molar-refractivity contribution in [2.45, 2.75) is 41.0 Å². The first-order chi connectivity index (χ1) is 10.3. The summed E-state index contributed by atoms with van der Waals surface area (Å²) in [6.07, 6.45) is 0.841. The molecule has 0 radical (unpaired) electrons. The van der Waals surface area contributed by atoms with Gasteiger partial charge in [0.2, 0.25) is 5.91 Å². The molecule has 0 saturated carbocycles. The van der Waals surface area contributed by atoms with Gasteiger partial charge in [0.1, 0.15) is 0 Å². The predicted octanol–water partition coefficient (Wildman–Crippen LogP) is 2.61. The van der Waals surface area contributed by atoms with Gasteiger partial charge >= 0.3 is 0 Å². The second kappa shape index (κ2) is 6.51. The Bertz CT molecular complexity index is 581. The summed E-state index contributed by atoms with van der Waals surface area (Å²) in [5.41, 5.74) is 5.30. The average molecular weight is 302 g/mol. The molecule has 4 heteroatoms. The fourth-order valence-corrected chi connectivity index (χ4v) is 3.13. The third-order valence-electron chi connectivity index (χ3n) is 4.81. The predicted molar refractivity (Wildman–Crippen MR) is 88.2 cm³/mol. The van der Waals surface area contributed by atoms with E-state index in [2.05, 4.69) is 19.9 Å². The molecular weight excluding hydrogens is 276 g/mol. The van der Waals surface area contributed by atoms with E-state index in [1.807, 2.05) is 23.6 Å². The highest BCUT2D eigenvalue weighted by Gasteiger charge is 2.24. The van der Waals surface area contributed by atoms with Crippen molar-refractivity contribution in [3.8, 4) is 0 Å². The standard InChI is InChI=1S/C18H26N2O2/c1-12-11-13(2)15(4)17(14(12)3)18(22)20-8-6-7-19(9-10-20)16(5)21/h11H,6-10H2,1-5H3. The smallest absolute Gasteiger partial charge is 0.254 e. The van der Waals surface area contributed by atoms with E-state index in [0.29, 0.717) is 19.6 Å². The van der Waals surface area contributed by atoms with Crippen LogP contribution in [0.1, 0.15) is 46.0 Å². The third-order valence-corrected chi connectivity index (χ3v) is 4.81. The first kappa shape index (κ1) is 16.5. The first-order valence-electron chi connectivity index (χ1n) is 7.95. The number of rotatable bonds is 1. The molecule has 1 aliphatic heterocycles. The highest BCUT2D eigenvalue weighted by molar-refractivity contribution is 5.97. The number of benzene rings is 1. The molecule has 1 aromatic carbocycles. The Morgan fingerprint density at radius 3 is 1.91 bits per heavy atom. The van der Waals surface area contributed by atoms with Crippen molar-refractivity contribution in [2.24, 2.45) is 0 Å². The molecule has 0 aromatic heterocycles. The minimum absolute atomic E-state index is 0.0908. The van der Waals surface area contributed by atoms with Crippen LogP contribution in [0, 0.1) is 27.7 Å². The van der Waals surface area contributed by atoms with Gasteiger partial charge in [-0.15, -0.1) is 0 Å². The molecule has 1 heterocycles. The van der Waals surface area contributed by atoms with Crippen molar-refractivity contribution < 1.29 is 9.59 Å². The Morgan fingerprint density at radius 2 is 1.36 bits per heavy atom. The van der Waals surface area contributed by atoms with Crippen molar-refractivity contribution in [1.29, 1.82) is 0 Å². The van der Waals surface area contributed by atoms with E-state index in [1.165, 1.54) is 0 Å². The van der Waals surface area contributed by atoms with Crippen LogP contribution in [0.3, 0.4) is 0 Å². The Hall–Kier alpha value is -1.84. The van der Waals surface area contributed by atoms with E-state index < -0.39 is 0 Å². The Labute approximate surface area is 133 Å². The van der Waals surface area contributed by atoms with Gasteiger partial charge in [-0.25, -0.2) is 0 Å². The van der Waals surface area contributed by atoms with E-state index in [4.69, 9.17) is 0 Å². The minimum atomic E-state index is 0.0908. The quantitative estimate of drug-likeness (QED) is 0.800. The van der Waals surface area contributed by atoms with Crippen molar-refractivity contribution in [2.75, 3.05) is 26.2 Å². The molecule has 22 heavy (non-hydrogen) atoms. The van der Waals surface area contributed by atoms with Crippen LogP contribution < -0.4 is 0 Å². The molecule has 1 aliphatic rings. The highest BCUT2D eigenvalue weighted by atomic mass is 16.2. The summed E-state index contributed by atoms with van der Waals surface area (Å²) in [4.78, 5) is 28.2. The molecule has 120 valence electrons. The largest absolute Gasteiger partial charge is 0.341 e. The summed E-state index contributed by atoms with van der Waals surface area (Å²) >= 11 is 0. The zero-order valence-electron chi connectivity index (χ0n) is 14.3. The SMILES string of the molecule is CC(=O)N1CCCN(C(=O)c2c(C)c(C)cc(C)c2C)CC1. The second-order valence-electron chi connectivity index (χ2n) is 6.29. The molecule has 1 saturated heterocycles.